The van der Waals surface area contributed by atoms with E-state index in [1.807, 2.05) is 31.2 Å². The van der Waals surface area contributed by atoms with Gasteiger partial charge in [0.2, 0.25) is 5.91 Å². The average Bonchev–Trinajstić information content (AvgIpc) is 2.41. The Morgan fingerprint density at radius 1 is 1.15 bits per heavy atom. The number of carbonyl (C=O) groups is 1. The lowest BCUT2D eigenvalue weighted by Crippen LogP contribution is -2.12. The lowest BCUT2D eigenvalue weighted by molar-refractivity contribution is 0.100. The molecule has 0 heterocycles. The molecule has 3 N–H and O–H groups in total. The maximum atomic E-state index is 11.2. The smallest absolute Gasteiger partial charge is 0.248 e. The molecule has 0 fully saturated rings. The monoisotopic (exact) mass is 308 g/mol. The van der Waals surface area contributed by atoms with E-state index < -0.39 is 5.91 Å². The fraction of sp³-hybridized carbons (Fsp3) is 0.133. The first-order valence-electron chi connectivity index (χ1n) is 6.08. The van der Waals surface area contributed by atoms with E-state index in [4.69, 9.17) is 28.9 Å². The predicted octanol–water partition coefficient (Wildman–Crippen LogP) is 4.27. The van der Waals surface area contributed by atoms with E-state index in [1.54, 1.807) is 18.2 Å². The van der Waals surface area contributed by atoms with Crippen molar-refractivity contribution in [2.24, 2.45) is 5.73 Å². The van der Waals surface area contributed by atoms with Crippen LogP contribution in [0.5, 0.6) is 0 Å². The summed E-state index contributed by atoms with van der Waals surface area (Å²) < 4.78 is 0. The molecule has 2 aromatic carbocycles. The molecule has 0 aliphatic carbocycles. The van der Waals surface area contributed by atoms with Gasteiger partial charge in [0.25, 0.3) is 0 Å². The molecule has 0 radical (unpaired) electrons. The van der Waals surface area contributed by atoms with Crippen molar-refractivity contribution in [2.75, 3.05) is 5.32 Å². The van der Waals surface area contributed by atoms with Gasteiger partial charge in [0.05, 0.1) is 10.7 Å². The number of primary amides is 1. The number of hydrogen-bond donors (Lipinski definition) is 2. The van der Waals surface area contributed by atoms with Gasteiger partial charge in [-0.05, 0) is 42.8 Å². The van der Waals surface area contributed by atoms with Crippen molar-refractivity contribution in [1.29, 1.82) is 0 Å². The Bertz CT molecular complexity index is 626. The number of amides is 1. The first-order chi connectivity index (χ1) is 9.47. The number of benzene rings is 2. The number of anilines is 1. The van der Waals surface area contributed by atoms with Crippen LogP contribution in [0.2, 0.25) is 10.0 Å². The zero-order chi connectivity index (χ0) is 14.7. The third kappa shape index (κ3) is 3.44. The van der Waals surface area contributed by atoms with Crippen molar-refractivity contribution in [3.8, 4) is 0 Å². The van der Waals surface area contributed by atoms with Gasteiger partial charge in [-0.1, -0.05) is 35.3 Å². The first-order valence-corrected chi connectivity index (χ1v) is 6.84. The summed E-state index contributed by atoms with van der Waals surface area (Å²) in [7, 11) is 0. The van der Waals surface area contributed by atoms with Crippen LogP contribution in [0.3, 0.4) is 0 Å². The molecule has 0 aromatic heterocycles. The average molecular weight is 309 g/mol. The molecule has 5 heteroatoms. The molecular formula is C15H14Cl2N2O. The van der Waals surface area contributed by atoms with Crippen molar-refractivity contribution in [3.05, 3.63) is 63.6 Å². The quantitative estimate of drug-likeness (QED) is 0.886. The standard InChI is InChI=1S/C15H14Cl2N2O/c1-9(10-2-5-12(16)6-3-10)19-14-8-11(15(18)20)4-7-13(14)17/h2-9,19H,1H3,(H2,18,20). The Balaban J connectivity index is 2.22. The minimum absolute atomic E-state index is 0.0212. The molecule has 0 saturated heterocycles. The molecule has 2 rings (SSSR count). The largest absolute Gasteiger partial charge is 0.377 e. The molecule has 1 unspecified atom stereocenters. The van der Waals surface area contributed by atoms with Crippen molar-refractivity contribution in [3.63, 3.8) is 0 Å². The van der Waals surface area contributed by atoms with Gasteiger partial charge in [-0.2, -0.15) is 0 Å². The Labute approximate surface area is 127 Å². The molecule has 3 nitrogen and oxygen atoms in total. The van der Waals surface area contributed by atoms with E-state index >= 15 is 0 Å². The molecule has 104 valence electrons. The number of carbonyl (C=O) groups excluding carboxylic acids is 1. The normalized spacial score (nSPS) is 11.9. The van der Waals surface area contributed by atoms with Gasteiger partial charge in [-0.25, -0.2) is 0 Å². The fourth-order valence-corrected chi connectivity index (χ4v) is 2.16. The minimum Gasteiger partial charge on any atom is -0.377 e. The van der Waals surface area contributed by atoms with Crippen LogP contribution in [0.1, 0.15) is 28.9 Å². The van der Waals surface area contributed by atoms with Crippen LogP contribution in [0, 0.1) is 0 Å². The third-order valence-corrected chi connectivity index (χ3v) is 3.57. The van der Waals surface area contributed by atoms with Crippen molar-refractivity contribution in [1.82, 2.24) is 0 Å². The van der Waals surface area contributed by atoms with E-state index in [-0.39, 0.29) is 6.04 Å². The van der Waals surface area contributed by atoms with Crippen molar-refractivity contribution < 1.29 is 4.79 Å². The number of rotatable bonds is 4. The molecule has 0 aliphatic rings. The highest BCUT2D eigenvalue weighted by Crippen LogP contribution is 2.27. The maximum Gasteiger partial charge on any atom is 0.248 e. The summed E-state index contributed by atoms with van der Waals surface area (Å²) in [6.45, 7) is 2.00. The summed E-state index contributed by atoms with van der Waals surface area (Å²) in [5, 5.41) is 4.49. The van der Waals surface area contributed by atoms with E-state index in [0.29, 0.717) is 21.3 Å². The summed E-state index contributed by atoms with van der Waals surface area (Å²) in [5.74, 6) is -0.483. The Morgan fingerprint density at radius 3 is 2.40 bits per heavy atom. The molecule has 0 spiro atoms. The van der Waals surface area contributed by atoms with Crippen LogP contribution in [-0.4, -0.2) is 5.91 Å². The predicted molar refractivity (Wildman–Crippen MR) is 83.5 cm³/mol. The van der Waals surface area contributed by atoms with E-state index in [9.17, 15) is 4.79 Å². The fourth-order valence-electron chi connectivity index (χ4n) is 1.86. The van der Waals surface area contributed by atoms with Crippen molar-refractivity contribution in [2.45, 2.75) is 13.0 Å². The number of hydrogen-bond acceptors (Lipinski definition) is 2. The topological polar surface area (TPSA) is 55.1 Å². The summed E-state index contributed by atoms with van der Waals surface area (Å²) in [6.07, 6.45) is 0. The highest BCUT2D eigenvalue weighted by Gasteiger charge is 2.10. The molecule has 1 atom stereocenters. The second-order valence-electron chi connectivity index (χ2n) is 4.48. The SMILES string of the molecule is CC(Nc1cc(C(N)=O)ccc1Cl)c1ccc(Cl)cc1. The van der Waals surface area contributed by atoms with Crippen LogP contribution in [0.15, 0.2) is 42.5 Å². The van der Waals surface area contributed by atoms with E-state index in [1.165, 1.54) is 0 Å². The molecule has 0 bridgehead atoms. The Hall–Kier alpha value is -1.71. The van der Waals surface area contributed by atoms with Crippen molar-refractivity contribution >= 4 is 34.8 Å². The molecule has 20 heavy (non-hydrogen) atoms. The summed E-state index contributed by atoms with van der Waals surface area (Å²) in [6, 6.07) is 12.5. The minimum atomic E-state index is -0.483. The highest BCUT2D eigenvalue weighted by atomic mass is 35.5. The Kier molecular flexibility index (Phi) is 4.53. The summed E-state index contributed by atoms with van der Waals surface area (Å²) >= 11 is 12.0. The lowest BCUT2D eigenvalue weighted by atomic mass is 10.1. The zero-order valence-corrected chi connectivity index (χ0v) is 12.4. The second kappa shape index (κ2) is 6.16. The molecule has 0 saturated carbocycles. The van der Waals surface area contributed by atoms with Gasteiger partial charge in [0.1, 0.15) is 0 Å². The molecule has 2 aromatic rings. The van der Waals surface area contributed by atoms with Crippen LogP contribution in [0.4, 0.5) is 5.69 Å². The van der Waals surface area contributed by atoms with Gasteiger partial charge < -0.3 is 11.1 Å². The second-order valence-corrected chi connectivity index (χ2v) is 5.32. The first kappa shape index (κ1) is 14.7. The third-order valence-electron chi connectivity index (χ3n) is 2.99. The van der Waals surface area contributed by atoms with Gasteiger partial charge in [0.15, 0.2) is 0 Å². The van der Waals surface area contributed by atoms with E-state index in [0.717, 1.165) is 5.56 Å². The van der Waals surface area contributed by atoms with Gasteiger partial charge >= 0.3 is 0 Å². The molecular weight excluding hydrogens is 295 g/mol. The number of halogens is 2. The zero-order valence-electron chi connectivity index (χ0n) is 10.9. The number of nitrogens with one attached hydrogen (secondary N) is 1. The van der Waals surface area contributed by atoms with Crippen LogP contribution >= 0.6 is 23.2 Å². The van der Waals surface area contributed by atoms with Crippen LogP contribution in [-0.2, 0) is 0 Å². The summed E-state index contributed by atoms with van der Waals surface area (Å²) in [5.41, 5.74) is 7.42. The lowest BCUT2D eigenvalue weighted by Gasteiger charge is -2.17. The molecule has 1 amide bonds. The highest BCUT2D eigenvalue weighted by molar-refractivity contribution is 6.33. The summed E-state index contributed by atoms with van der Waals surface area (Å²) in [4.78, 5) is 11.2. The molecule has 0 aliphatic heterocycles. The van der Waals surface area contributed by atoms with Gasteiger partial charge in [-0.15, -0.1) is 0 Å². The van der Waals surface area contributed by atoms with Gasteiger partial charge in [-0.3, -0.25) is 4.79 Å². The van der Waals surface area contributed by atoms with E-state index in [2.05, 4.69) is 5.32 Å². The van der Waals surface area contributed by atoms with Gasteiger partial charge in [0, 0.05) is 16.6 Å². The van der Waals surface area contributed by atoms with Crippen LogP contribution < -0.4 is 11.1 Å². The van der Waals surface area contributed by atoms with Crippen LogP contribution in [0.25, 0.3) is 0 Å². The Morgan fingerprint density at radius 2 is 1.80 bits per heavy atom. The maximum absolute atomic E-state index is 11.2. The number of nitrogens with two attached hydrogens (primary N) is 1.